The number of nitrogens with two attached hydrogens (primary N) is 1. The van der Waals surface area contributed by atoms with Gasteiger partial charge in [-0.3, -0.25) is 4.79 Å². The Hall–Kier alpha value is -1.08. The number of anilines is 2. The third-order valence-corrected chi connectivity index (χ3v) is 3.65. The maximum Gasteiger partial charge on any atom is 0.267 e. The van der Waals surface area contributed by atoms with Crippen molar-refractivity contribution in [1.82, 2.24) is 0 Å². The topological polar surface area (TPSA) is 55.1 Å². The van der Waals surface area contributed by atoms with Crippen molar-refractivity contribution in [2.75, 3.05) is 11.1 Å². The van der Waals surface area contributed by atoms with E-state index in [1.165, 1.54) is 11.3 Å². The van der Waals surface area contributed by atoms with Gasteiger partial charge < -0.3 is 11.1 Å². The molecule has 1 amide bonds. The lowest BCUT2D eigenvalue weighted by Crippen LogP contribution is -2.11. The number of nitrogen functional groups attached to an aromatic ring is 1. The predicted molar refractivity (Wildman–Crippen MR) is 75.8 cm³/mol. The van der Waals surface area contributed by atoms with Gasteiger partial charge in [0.05, 0.1) is 5.69 Å². The van der Waals surface area contributed by atoms with E-state index in [4.69, 9.17) is 5.73 Å². The molecule has 3 nitrogen and oxygen atoms in total. The quantitative estimate of drug-likeness (QED) is 0.822. The molecule has 1 heterocycles. The third-order valence-electron chi connectivity index (χ3n) is 2.00. The van der Waals surface area contributed by atoms with Gasteiger partial charge in [0.2, 0.25) is 0 Å². The average Bonchev–Trinajstić information content (AvgIpc) is 2.68. The van der Waals surface area contributed by atoms with Crippen LogP contribution < -0.4 is 11.1 Å². The lowest BCUT2D eigenvalue weighted by molar-refractivity contribution is 0.103. The number of nitrogens with one attached hydrogen (secondary N) is 1. The van der Waals surface area contributed by atoms with Gasteiger partial charge in [0.15, 0.2) is 0 Å². The van der Waals surface area contributed by atoms with Crippen LogP contribution in [0.3, 0.4) is 0 Å². The van der Waals surface area contributed by atoms with Gasteiger partial charge in [-0.1, -0.05) is 0 Å². The van der Waals surface area contributed by atoms with E-state index >= 15 is 0 Å². The highest BCUT2D eigenvalue weighted by Crippen LogP contribution is 2.20. The molecule has 2 rings (SSSR count). The van der Waals surface area contributed by atoms with Gasteiger partial charge in [-0.25, -0.2) is 0 Å². The van der Waals surface area contributed by atoms with Crippen molar-refractivity contribution in [3.8, 4) is 0 Å². The maximum absolute atomic E-state index is 11.8. The summed E-state index contributed by atoms with van der Waals surface area (Å²) in [6, 6.07) is 9.34. The van der Waals surface area contributed by atoms with E-state index in [0.29, 0.717) is 10.6 Å². The van der Waals surface area contributed by atoms with Crippen molar-refractivity contribution >= 4 is 51.2 Å². The van der Waals surface area contributed by atoms with Crippen LogP contribution in [0.25, 0.3) is 0 Å². The molecule has 0 aliphatic heterocycles. The van der Waals surface area contributed by atoms with E-state index in [2.05, 4.69) is 27.9 Å². The highest BCUT2D eigenvalue weighted by molar-refractivity contribution is 14.1. The van der Waals surface area contributed by atoms with E-state index in [1.54, 1.807) is 11.4 Å². The number of carbonyl (C=O) groups excluding carboxylic acids is 1. The van der Waals surface area contributed by atoms with Crippen LogP contribution in [0.5, 0.6) is 0 Å². The maximum atomic E-state index is 11.8. The van der Waals surface area contributed by atoms with E-state index in [9.17, 15) is 4.79 Å². The minimum Gasteiger partial charge on any atom is -0.397 e. The Morgan fingerprint density at radius 3 is 2.50 bits per heavy atom. The number of amides is 1. The van der Waals surface area contributed by atoms with Crippen LogP contribution in [0, 0.1) is 3.57 Å². The summed E-state index contributed by atoms with van der Waals surface area (Å²) in [5, 5.41) is 4.60. The Labute approximate surface area is 111 Å². The van der Waals surface area contributed by atoms with Crippen LogP contribution in [-0.4, -0.2) is 5.91 Å². The number of halogens is 1. The summed E-state index contributed by atoms with van der Waals surface area (Å²) in [4.78, 5) is 12.4. The van der Waals surface area contributed by atoms with Gasteiger partial charge in [0.1, 0.15) is 4.88 Å². The van der Waals surface area contributed by atoms with Crippen LogP contribution in [0.15, 0.2) is 35.7 Å². The molecule has 0 radical (unpaired) electrons. The number of hydrogen-bond donors (Lipinski definition) is 2. The van der Waals surface area contributed by atoms with Gasteiger partial charge >= 0.3 is 0 Å². The van der Waals surface area contributed by atoms with E-state index < -0.39 is 0 Å². The summed E-state index contributed by atoms with van der Waals surface area (Å²) in [6.07, 6.45) is 0. The number of benzene rings is 1. The molecule has 5 heteroatoms. The minimum absolute atomic E-state index is 0.159. The zero-order valence-electron chi connectivity index (χ0n) is 8.24. The second kappa shape index (κ2) is 4.84. The lowest BCUT2D eigenvalue weighted by Gasteiger charge is -2.04. The van der Waals surface area contributed by atoms with E-state index in [-0.39, 0.29) is 5.91 Å². The lowest BCUT2D eigenvalue weighted by atomic mass is 10.3. The van der Waals surface area contributed by atoms with Gasteiger partial charge in [0, 0.05) is 9.26 Å². The third kappa shape index (κ3) is 2.53. The van der Waals surface area contributed by atoms with Crippen molar-refractivity contribution < 1.29 is 4.79 Å². The summed E-state index contributed by atoms with van der Waals surface area (Å²) in [6.45, 7) is 0. The van der Waals surface area contributed by atoms with Gasteiger partial charge in [-0.15, -0.1) is 11.3 Å². The normalized spacial score (nSPS) is 10.1. The van der Waals surface area contributed by atoms with Gasteiger partial charge in [-0.05, 0) is 58.3 Å². The molecule has 0 aliphatic rings. The molecule has 0 unspecified atom stereocenters. The second-order valence-corrected chi connectivity index (χ2v) is 5.33. The first-order valence-corrected chi connectivity index (χ1v) is 6.52. The molecular weight excluding hydrogens is 335 g/mol. The first-order chi connectivity index (χ1) is 7.66. The van der Waals surface area contributed by atoms with Gasteiger partial charge in [-0.2, -0.15) is 0 Å². The largest absolute Gasteiger partial charge is 0.397 e. The monoisotopic (exact) mass is 344 g/mol. The fraction of sp³-hybridized carbons (Fsp3) is 0. The molecule has 1 aromatic heterocycles. The Morgan fingerprint density at radius 1 is 1.25 bits per heavy atom. The molecule has 3 N–H and O–H groups in total. The molecule has 0 saturated heterocycles. The van der Waals surface area contributed by atoms with Crippen LogP contribution in [0.1, 0.15) is 9.67 Å². The predicted octanol–water partition coefficient (Wildman–Crippen LogP) is 3.19. The minimum atomic E-state index is -0.159. The Kier molecular flexibility index (Phi) is 3.45. The molecule has 1 aromatic carbocycles. The number of carbonyl (C=O) groups is 1. The average molecular weight is 344 g/mol. The summed E-state index contributed by atoms with van der Waals surface area (Å²) in [5.41, 5.74) is 6.97. The fourth-order valence-electron chi connectivity index (χ4n) is 1.22. The molecule has 0 spiro atoms. The number of hydrogen-bond acceptors (Lipinski definition) is 3. The Morgan fingerprint density at radius 2 is 1.94 bits per heavy atom. The standard InChI is InChI=1S/C11H9IN2OS/c12-7-1-3-8(4-2-7)14-11(15)10-9(13)5-6-16-10/h1-6H,13H2,(H,14,15). The Bertz CT molecular complexity index is 507. The van der Waals surface area contributed by atoms with Crippen molar-refractivity contribution in [1.29, 1.82) is 0 Å². The smallest absolute Gasteiger partial charge is 0.267 e. The van der Waals surface area contributed by atoms with Crippen molar-refractivity contribution in [2.45, 2.75) is 0 Å². The van der Waals surface area contributed by atoms with E-state index in [0.717, 1.165) is 9.26 Å². The highest BCUT2D eigenvalue weighted by Gasteiger charge is 2.10. The molecule has 0 atom stereocenters. The fourth-order valence-corrected chi connectivity index (χ4v) is 2.30. The Balaban J connectivity index is 2.14. The van der Waals surface area contributed by atoms with Crippen molar-refractivity contribution in [2.24, 2.45) is 0 Å². The molecule has 16 heavy (non-hydrogen) atoms. The van der Waals surface area contributed by atoms with Crippen LogP contribution >= 0.6 is 33.9 Å². The first kappa shape index (κ1) is 11.4. The molecule has 82 valence electrons. The highest BCUT2D eigenvalue weighted by atomic mass is 127. The molecule has 2 aromatic rings. The number of rotatable bonds is 2. The summed E-state index contributed by atoms with van der Waals surface area (Å²) in [7, 11) is 0. The molecular formula is C11H9IN2OS. The van der Waals surface area contributed by atoms with Gasteiger partial charge in [0.25, 0.3) is 5.91 Å². The van der Waals surface area contributed by atoms with E-state index in [1.807, 2.05) is 24.3 Å². The summed E-state index contributed by atoms with van der Waals surface area (Å²) >= 11 is 3.56. The second-order valence-electron chi connectivity index (χ2n) is 3.17. The molecule has 0 saturated carbocycles. The summed E-state index contributed by atoms with van der Waals surface area (Å²) < 4.78 is 1.13. The molecule has 0 aliphatic carbocycles. The summed E-state index contributed by atoms with van der Waals surface area (Å²) in [5.74, 6) is -0.159. The van der Waals surface area contributed by atoms with Crippen molar-refractivity contribution in [3.05, 3.63) is 44.2 Å². The number of thiophene rings is 1. The molecule has 0 fully saturated rings. The van der Waals surface area contributed by atoms with Crippen LogP contribution in [-0.2, 0) is 0 Å². The van der Waals surface area contributed by atoms with Crippen LogP contribution in [0.2, 0.25) is 0 Å². The first-order valence-electron chi connectivity index (χ1n) is 4.56. The van der Waals surface area contributed by atoms with Crippen molar-refractivity contribution in [3.63, 3.8) is 0 Å². The van der Waals surface area contributed by atoms with Crippen LogP contribution in [0.4, 0.5) is 11.4 Å². The zero-order chi connectivity index (χ0) is 11.5. The molecule has 0 bridgehead atoms. The SMILES string of the molecule is Nc1ccsc1C(=O)Nc1ccc(I)cc1. The zero-order valence-corrected chi connectivity index (χ0v) is 11.2.